The van der Waals surface area contributed by atoms with Gasteiger partial charge in [0.2, 0.25) is 0 Å². The Morgan fingerprint density at radius 2 is 2.09 bits per heavy atom. The first-order chi connectivity index (χ1) is 15.3. The lowest BCUT2D eigenvalue weighted by Gasteiger charge is -2.65. The Bertz CT molecular complexity index is 1070. The summed E-state index contributed by atoms with van der Waals surface area (Å²) in [6, 6.07) is 8.86. The highest BCUT2D eigenvalue weighted by Crippen LogP contribution is 2.73. The molecule has 0 heterocycles. The summed E-state index contributed by atoms with van der Waals surface area (Å²) >= 11 is 0. The molecule has 3 fully saturated rings. The summed E-state index contributed by atoms with van der Waals surface area (Å²) in [5.74, 6) is 3.08. The van der Waals surface area contributed by atoms with Crippen molar-refractivity contribution in [2.45, 2.75) is 76.2 Å². The number of allylic oxidation sites excluding steroid dienone is 1. The lowest BCUT2D eigenvalue weighted by Crippen LogP contribution is -2.59. The largest absolute Gasteiger partial charge is 0.497 e. The molecule has 7 atom stereocenters. The predicted octanol–water partition coefficient (Wildman–Crippen LogP) is 5.10. The van der Waals surface area contributed by atoms with E-state index < -0.39 is 5.60 Å². The van der Waals surface area contributed by atoms with Crippen molar-refractivity contribution in [1.82, 2.24) is 0 Å². The quantitative estimate of drug-likeness (QED) is 0.707. The Morgan fingerprint density at radius 3 is 2.88 bits per heavy atom. The Morgan fingerprint density at radius 1 is 1.25 bits per heavy atom. The van der Waals surface area contributed by atoms with E-state index in [2.05, 4.69) is 31.2 Å². The van der Waals surface area contributed by atoms with Crippen LogP contribution in [0.4, 0.5) is 0 Å². The third kappa shape index (κ3) is 2.44. The van der Waals surface area contributed by atoms with Crippen LogP contribution >= 0.6 is 0 Å². The molecule has 1 aromatic rings. The van der Waals surface area contributed by atoms with Gasteiger partial charge in [-0.2, -0.15) is 5.26 Å². The van der Waals surface area contributed by atoms with Crippen molar-refractivity contribution in [2.24, 2.45) is 28.6 Å². The molecule has 4 heteroatoms. The molecule has 1 aromatic carbocycles. The van der Waals surface area contributed by atoms with Gasteiger partial charge in [0.15, 0.2) is 5.78 Å². The summed E-state index contributed by atoms with van der Waals surface area (Å²) in [4.78, 5) is 12.4. The minimum absolute atomic E-state index is 0.0676. The summed E-state index contributed by atoms with van der Waals surface area (Å²) in [5.41, 5.74) is 3.09. The van der Waals surface area contributed by atoms with Gasteiger partial charge in [0.1, 0.15) is 5.75 Å². The zero-order chi connectivity index (χ0) is 22.3. The number of methoxy groups -OCH3 is 1. The Kier molecular flexibility index (Phi) is 4.29. The van der Waals surface area contributed by atoms with Gasteiger partial charge in [-0.3, -0.25) is 4.79 Å². The molecule has 0 bridgehead atoms. The zero-order valence-corrected chi connectivity index (χ0v) is 19.2. The van der Waals surface area contributed by atoms with Crippen LogP contribution in [0.3, 0.4) is 0 Å². The topological polar surface area (TPSA) is 70.3 Å². The summed E-state index contributed by atoms with van der Waals surface area (Å²) < 4.78 is 5.58. The average Bonchev–Trinajstić information content (AvgIpc) is 3.04. The highest BCUT2D eigenvalue weighted by molar-refractivity contribution is 5.91. The van der Waals surface area contributed by atoms with Gasteiger partial charge < -0.3 is 9.84 Å². The Labute approximate surface area is 190 Å². The van der Waals surface area contributed by atoms with Crippen LogP contribution < -0.4 is 4.74 Å². The molecule has 2 unspecified atom stereocenters. The maximum atomic E-state index is 12.4. The number of ether oxygens (including phenoxy) is 1. The number of ketones is 1. The van der Waals surface area contributed by atoms with Crippen molar-refractivity contribution in [3.8, 4) is 11.8 Å². The average molecular weight is 432 g/mol. The molecule has 4 nitrogen and oxygen atoms in total. The van der Waals surface area contributed by atoms with Gasteiger partial charge in [-0.15, -0.1) is 0 Å². The molecule has 5 aliphatic rings. The minimum atomic E-state index is -0.896. The summed E-state index contributed by atoms with van der Waals surface area (Å²) in [6.45, 7) is 2.28. The van der Waals surface area contributed by atoms with E-state index in [1.807, 2.05) is 6.08 Å². The molecule has 3 saturated carbocycles. The number of carbonyl (C=O) groups is 1. The van der Waals surface area contributed by atoms with Crippen molar-refractivity contribution in [2.75, 3.05) is 7.11 Å². The summed E-state index contributed by atoms with van der Waals surface area (Å²) in [7, 11) is 1.72. The molecule has 5 aliphatic carbocycles. The maximum absolute atomic E-state index is 12.4. The van der Waals surface area contributed by atoms with Gasteiger partial charge in [-0.05, 0) is 103 Å². The lowest BCUT2D eigenvalue weighted by molar-refractivity contribution is -0.140. The monoisotopic (exact) mass is 431 g/mol. The molecule has 32 heavy (non-hydrogen) atoms. The fourth-order valence-corrected chi connectivity index (χ4v) is 9.23. The zero-order valence-electron chi connectivity index (χ0n) is 19.2. The van der Waals surface area contributed by atoms with Gasteiger partial charge >= 0.3 is 0 Å². The van der Waals surface area contributed by atoms with Gasteiger partial charge in [-0.25, -0.2) is 0 Å². The van der Waals surface area contributed by atoms with E-state index in [-0.39, 0.29) is 17.3 Å². The molecule has 1 N–H and O–H groups in total. The molecule has 0 aliphatic heterocycles. The molecule has 0 amide bonds. The van der Waals surface area contributed by atoms with Crippen molar-refractivity contribution >= 4 is 5.78 Å². The highest BCUT2D eigenvalue weighted by Gasteiger charge is 2.68. The molecular weight excluding hydrogens is 398 g/mol. The first-order valence-corrected chi connectivity index (χ1v) is 12.4. The number of hydrogen-bond acceptors (Lipinski definition) is 4. The number of fused-ring (bicyclic) bond motifs is 4. The second-order valence-corrected chi connectivity index (χ2v) is 11.5. The van der Waals surface area contributed by atoms with E-state index in [0.29, 0.717) is 35.9 Å². The molecule has 6 rings (SSSR count). The smallest absolute Gasteiger partial charge is 0.155 e. The normalized spacial score (nSPS) is 43.8. The van der Waals surface area contributed by atoms with Crippen LogP contribution in [-0.4, -0.2) is 23.6 Å². The number of nitriles is 1. The Balaban J connectivity index is 1.55. The first kappa shape index (κ1) is 20.5. The number of aliphatic hydroxyl groups is 1. The van der Waals surface area contributed by atoms with Crippen LogP contribution in [0.2, 0.25) is 0 Å². The SMILES string of the molecule is COc1ccc2c(c1)C[C@]13CCC(=O)C=C1CC[C@@H]1C3C2C[C@@]2(C)[C@H]1CC[C@@]2(O)CC#N. The third-order valence-electron chi connectivity index (χ3n) is 10.6. The van der Waals surface area contributed by atoms with E-state index in [1.165, 1.54) is 16.7 Å². The van der Waals surface area contributed by atoms with E-state index >= 15 is 0 Å². The standard InChI is InChI=1S/C28H33NO3/c1-26-16-23-21-6-4-20(32-2)13-17(21)15-27-9-7-19(30)14-18(27)3-5-22(25(23)27)24(26)8-10-28(26,31)11-12-29/h4,6,13-14,22-25,31H,3,5,7-11,15-16H2,1-2H3/t22-,23?,24-,25?,26-,27+,28+/m0/s1. The number of carbonyl (C=O) groups excluding carboxylic acids is 1. The van der Waals surface area contributed by atoms with Crippen LogP contribution in [-0.2, 0) is 11.2 Å². The van der Waals surface area contributed by atoms with Crippen molar-refractivity contribution < 1.29 is 14.6 Å². The summed E-state index contributed by atoms with van der Waals surface area (Å²) in [5, 5.41) is 21.3. The number of nitrogens with zero attached hydrogens (tertiary/aromatic N) is 1. The van der Waals surface area contributed by atoms with E-state index in [0.717, 1.165) is 50.7 Å². The second-order valence-electron chi connectivity index (χ2n) is 11.5. The van der Waals surface area contributed by atoms with Gasteiger partial charge in [0.25, 0.3) is 0 Å². The Hall–Kier alpha value is -2.12. The number of rotatable bonds is 2. The first-order valence-electron chi connectivity index (χ1n) is 12.4. The van der Waals surface area contributed by atoms with E-state index in [9.17, 15) is 15.2 Å². The fraction of sp³-hybridized carbons (Fsp3) is 0.643. The summed E-state index contributed by atoms with van der Waals surface area (Å²) in [6.07, 6.45) is 9.63. The van der Waals surface area contributed by atoms with E-state index in [4.69, 9.17) is 4.74 Å². The molecule has 0 saturated heterocycles. The second kappa shape index (κ2) is 6.70. The van der Waals surface area contributed by atoms with Crippen molar-refractivity contribution in [3.05, 3.63) is 41.0 Å². The van der Waals surface area contributed by atoms with Crippen LogP contribution in [0.15, 0.2) is 29.8 Å². The molecule has 0 aromatic heterocycles. The minimum Gasteiger partial charge on any atom is -0.497 e. The lowest BCUT2D eigenvalue weighted by atomic mass is 9.39. The molecular formula is C28H33NO3. The molecule has 1 spiro atoms. The molecule has 0 radical (unpaired) electrons. The van der Waals surface area contributed by atoms with Gasteiger partial charge in [0, 0.05) is 11.8 Å². The fourth-order valence-electron chi connectivity index (χ4n) is 9.23. The highest BCUT2D eigenvalue weighted by atomic mass is 16.5. The van der Waals surface area contributed by atoms with Crippen LogP contribution in [0.5, 0.6) is 5.75 Å². The van der Waals surface area contributed by atoms with Crippen LogP contribution in [0, 0.1) is 39.9 Å². The van der Waals surface area contributed by atoms with E-state index in [1.54, 1.807) is 7.11 Å². The van der Waals surface area contributed by atoms with Crippen LogP contribution in [0.25, 0.3) is 0 Å². The number of hydrogen-bond donors (Lipinski definition) is 1. The van der Waals surface area contributed by atoms with Gasteiger partial charge in [0.05, 0.1) is 25.2 Å². The third-order valence-corrected chi connectivity index (χ3v) is 10.6. The predicted molar refractivity (Wildman–Crippen MR) is 121 cm³/mol. The van der Waals surface area contributed by atoms with Crippen molar-refractivity contribution in [1.29, 1.82) is 5.26 Å². The number of benzene rings is 1. The van der Waals surface area contributed by atoms with Crippen LogP contribution in [0.1, 0.15) is 75.3 Å². The van der Waals surface area contributed by atoms with Gasteiger partial charge in [-0.1, -0.05) is 18.6 Å². The molecule has 168 valence electrons. The maximum Gasteiger partial charge on any atom is 0.155 e. The van der Waals surface area contributed by atoms with Crippen molar-refractivity contribution in [3.63, 3.8) is 0 Å².